The molecule has 1 aliphatic rings. The van der Waals surface area contributed by atoms with E-state index in [2.05, 4.69) is 24.2 Å². The minimum Gasteiger partial charge on any atom is -0.373 e. The SMILES string of the molecule is CC1(C)CN=C(CC(=O)c2ccccc2)NC1. The van der Waals surface area contributed by atoms with Gasteiger partial charge in [-0.1, -0.05) is 44.2 Å². The van der Waals surface area contributed by atoms with E-state index in [0.29, 0.717) is 6.42 Å². The van der Waals surface area contributed by atoms with E-state index in [0.717, 1.165) is 24.5 Å². The summed E-state index contributed by atoms with van der Waals surface area (Å²) in [7, 11) is 0. The van der Waals surface area contributed by atoms with E-state index in [1.54, 1.807) is 0 Å². The Morgan fingerprint density at radius 1 is 1.35 bits per heavy atom. The fourth-order valence-electron chi connectivity index (χ4n) is 1.76. The van der Waals surface area contributed by atoms with Crippen molar-refractivity contribution in [2.45, 2.75) is 20.3 Å². The van der Waals surface area contributed by atoms with Crippen molar-refractivity contribution in [3.63, 3.8) is 0 Å². The topological polar surface area (TPSA) is 41.5 Å². The van der Waals surface area contributed by atoms with E-state index in [1.165, 1.54) is 0 Å². The molecule has 17 heavy (non-hydrogen) atoms. The molecule has 1 aromatic rings. The third-order valence-corrected chi connectivity index (χ3v) is 2.89. The van der Waals surface area contributed by atoms with Crippen molar-refractivity contribution in [3.8, 4) is 0 Å². The van der Waals surface area contributed by atoms with Crippen LogP contribution in [0.25, 0.3) is 0 Å². The Bertz CT molecular complexity index is 435. The predicted molar refractivity (Wildman–Crippen MR) is 69.5 cm³/mol. The lowest BCUT2D eigenvalue weighted by Gasteiger charge is -2.28. The number of carbonyl (C=O) groups excluding carboxylic acids is 1. The minimum absolute atomic E-state index is 0.122. The summed E-state index contributed by atoms with van der Waals surface area (Å²) in [6.07, 6.45) is 0.375. The van der Waals surface area contributed by atoms with E-state index >= 15 is 0 Å². The van der Waals surface area contributed by atoms with Crippen molar-refractivity contribution in [2.75, 3.05) is 13.1 Å². The van der Waals surface area contributed by atoms with Gasteiger partial charge in [0.15, 0.2) is 5.78 Å². The molecule has 3 nitrogen and oxygen atoms in total. The van der Waals surface area contributed by atoms with Gasteiger partial charge in [-0.15, -0.1) is 0 Å². The summed E-state index contributed by atoms with van der Waals surface area (Å²) < 4.78 is 0. The van der Waals surface area contributed by atoms with Crippen LogP contribution in [0.4, 0.5) is 0 Å². The van der Waals surface area contributed by atoms with Crippen molar-refractivity contribution in [1.82, 2.24) is 5.32 Å². The molecule has 1 aliphatic heterocycles. The van der Waals surface area contributed by atoms with E-state index in [9.17, 15) is 4.79 Å². The maximum atomic E-state index is 12.0. The van der Waals surface area contributed by atoms with Gasteiger partial charge < -0.3 is 5.32 Å². The molecule has 0 bridgehead atoms. The molecule has 0 aromatic heterocycles. The van der Waals surface area contributed by atoms with E-state index in [1.807, 2.05) is 30.3 Å². The molecule has 90 valence electrons. The monoisotopic (exact) mass is 230 g/mol. The standard InChI is InChI=1S/C14H18N2O/c1-14(2)9-15-13(16-10-14)8-12(17)11-6-4-3-5-7-11/h3-7H,8-10H2,1-2H3,(H,15,16). The molecule has 0 saturated heterocycles. The zero-order chi connectivity index (χ0) is 12.3. The van der Waals surface area contributed by atoms with Crippen LogP contribution in [0.15, 0.2) is 35.3 Å². The first kappa shape index (κ1) is 11.8. The second-order valence-electron chi connectivity index (χ2n) is 5.25. The molecular formula is C14H18N2O. The van der Waals surface area contributed by atoms with Crippen LogP contribution in [0.1, 0.15) is 30.6 Å². The van der Waals surface area contributed by atoms with Crippen LogP contribution in [0.2, 0.25) is 0 Å². The van der Waals surface area contributed by atoms with Crippen LogP contribution in [-0.4, -0.2) is 24.7 Å². The molecule has 1 heterocycles. The average molecular weight is 230 g/mol. The summed E-state index contributed by atoms with van der Waals surface area (Å²) in [5.41, 5.74) is 0.945. The highest BCUT2D eigenvalue weighted by atomic mass is 16.1. The van der Waals surface area contributed by atoms with Gasteiger partial charge in [-0.05, 0) is 0 Å². The lowest BCUT2D eigenvalue weighted by atomic mass is 9.92. The van der Waals surface area contributed by atoms with Gasteiger partial charge in [0, 0.05) is 24.1 Å². The first-order valence-electron chi connectivity index (χ1n) is 5.92. The van der Waals surface area contributed by atoms with E-state index in [-0.39, 0.29) is 11.2 Å². The van der Waals surface area contributed by atoms with Crippen molar-refractivity contribution in [2.24, 2.45) is 10.4 Å². The number of carbonyl (C=O) groups is 1. The van der Waals surface area contributed by atoms with Gasteiger partial charge in [-0.3, -0.25) is 9.79 Å². The number of amidine groups is 1. The molecule has 1 N–H and O–H groups in total. The quantitative estimate of drug-likeness (QED) is 0.809. The number of aliphatic imine (C=N–C) groups is 1. The van der Waals surface area contributed by atoms with Crippen molar-refractivity contribution >= 4 is 11.6 Å². The molecule has 0 amide bonds. The normalized spacial score (nSPS) is 18.1. The number of hydrogen-bond donors (Lipinski definition) is 1. The molecule has 0 saturated carbocycles. The molecule has 0 unspecified atom stereocenters. The van der Waals surface area contributed by atoms with Crippen LogP contribution in [0, 0.1) is 5.41 Å². The summed E-state index contributed by atoms with van der Waals surface area (Å²) in [5, 5.41) is 3.24. The summed E-state index contributed by atoms with van der Waals surface area (Å²) in [4.78, 5) is 16.4. The Morgan fingerprint density at radius 3 is 2.65 bits per heavy atom. The fraction of sp³-hybridized carbons (Fsp3) is 0.429. The van der Waals surface area contributed by atoms with Gasteiger partial charge in [0.25, 0.3) is 0 Å². The van der Waals surface area contributed by atoms with Crippen LogP contribution in [-0.2, 0) is 0 Å². The van der Waals surface area contributed by atoms with Gasteiger partial charge in [0.05, 0.1) is 6.42 Å². The maximum absolute atomic E-state index is 12.0. The molecule has 0 aliphatic carbocycles. The Hall–Kier alpha value is -1.64. The van der Waals surface area contributed by atoms with Gasteiger partial charge in [-0.2, -0.15) is 0 Å². The first-order chi connectivity index (χ1) is 8.07. The van der Waals surface area contributed by atoms with Gasteiger partial charge in [-0.25, -0.2) is 0 Å². The second-order valence-corrected chi connectivity index (χ2v) is 5.25. The summed E-state index contributed by atoms with van der Waals surface area (Å²) in [6.45, 7) is 6.00. The largest absolute Gasteiger partial charge is 0.373 e. The molecular weight excluding hydrogens is 212 g/mol. The molecule has 0 radical (unpaired) electrons. The number of Topliss-reactive ketones (excluding diaryl/α,β-unsaturated/α-hetero) is 1. The van der Waals surface area contributed by atoms with Crippen LogP contribution < -0.4 is 5.32 Å². The number of nitrogens with one attached hydrogen (secondary N) is 1. The van der Waals surface area contributed by atoms with E-state index in [4.69, 9.17) is 0 Å². The highest BCUT2D eigenvalue weighted by Crippen LogP contribution is 2.17. The molecule has 3 heteroatoms. The Kier molecular flexibility index (Phi) is 3.27. The minimum atomic E-state index is 0.122. The number of rotatable bonds is 3. The average Bonchev–Trinajstić information content (AvgIpc) is 2.33. The van der Waals surface area contributed by atoms with Crippen LogP contribution >= 0.6 is 0 Å². The lowest BCUT2D eigenvalue weighted by Crippen LogP contribution is -2.41. The first-order valence-corrected chi connectivity index (χ1v) is 5.92. The zero-order valence-electron chi connectivity index (χ0n) is 10.4. The fourth-order valence-corrected chi connectivity index (χ4v) is 1.76. The van der Waals surface area contributed by atoms with Gasteiger partial charge in [0.2, 0.25) is 0 Å². The summed E-state index contributed by atoms with van der Waals surface area (Å²) >= 11 is 0. The highest BCUT2D eigenvalue weighted by molar-refractivity contribution is 6.09. The third-order valence-electron chi connectivity index (χ3n) is 2.89. The second kappa shape index (κ2) is 4.70. The van der Waals surface area contributed by atoms with Crippen LogP contribution in [0.3, 0.4) is 0 Å². The molecule has 0 spiro atoms. The third kappa shape index (κ3) is 3.16. The van der Waals surface area contributed by atoms with Crippen molar-refractivity contribution in [3.05, 3.63) is 35.9 Å². The maximum Gasteiger partial charge on any atom is 0.170 e. The Balaban J connectivity index is 1.99. The molecule has 2 rings (SSSR count). The summed E-state index contributed by atoms with van der Waals surface area (Å²) in [5.74, 6) is 0.940. The number of benzene rings is 1. The predicted octanol–water partition coefficient (Wildman–Crippen LogP) is 2.29. The van der Waals surface area contributed by atoms with E-state index < -0.39 is 0 Å². The van der Waals surface area contributed by atoms with Crippen LogP contribution in [0.5, 0.6) is 0 Å². The van der Waals surface area contributed by atoms with Gasteiger partial charge >= 0.3 is 0 Å². The number of ketones is 1. The Labute approximate surface area is 102 Å². The molecule has 1 aromatic carbocycles. The molecule has 0 fully saturated rings. The number of hydrogen-bond acceptors (Lipinski definition) is 3. The molecule has 0 atom stereocenters. The van der Waals surface area contributed by atoms with Crippen molar-refractivity contribution < 1.29 is 4.79 Å². The van der Waals surface area contributed by atoms with Gasteiger partial charge in [0.1, 0.15) is 5.84 Å². The lowest BCUT2D eigenvalue weighted by molar-refractivity contribution is 0.0999. The van der Waals surface area contributed by atoms with Crippen molar-refractivity contribution in [1.29, 1.82) is 0 Å². The number of nitrogens with zero attached hydrogens (tertiary/aromatic N) is 1. The Morgan fingerprint density at radius 2 is 2.06 bits per heavy atom. The zero-order valence-corrected chi connectivity index (χ0v) is 10.4. The smallest absolute Gasteiger partial charge is 0.170 e. The highest BCUT2D eigenvalue weighted by Gasteiger charge is 2.23. The summed E-state index contributed by atoms with van der Waals surface area (Å²) in [6, 6.07) is 9.36.